The van der Waals surface area contributed by atoms with Gasteiger partial charge in [-0.05, 0) is 18.8 Å². The van der Waals surface area contributed by atoms with Gasteiger partial charge in [-0.3, -0.25) is 0 Å². The first-order chi connectivity index (χ1) is 5.20. The zero-order valence-electron chi connectivity index (χ0n) is 6.41. The van der Waals surface area contributed by atoms with Gasteiger partial charge in [-0.25, -0.2) is 13.1 Å². The lowest BCUT2D eigenvalue weighted by Gasteiger charge is -2.21. The molecule has 2 fully saturated rings. The second-order valence-electron chi connectivity index (χ2n) is 3.48. The van der Waals surface area contributed by atoms with E-state index in [2.05, 4.69) is 4.72 Å². The summed E-state index contributed by atoms with van der Waals surface area (Å²) in [7, 11) is -2.90. The smallest absolute Gasteiger partial charge is 0.214 e. The molecule has 2 aliphatic rings. The van der Waals surface area contributed by atoms with E-state index in [1.165, 1.54) is 6.42 Å². The number of nitrogens with one attached hydrogen (secondary N) is 1. The summed E-state index contributed by atoms with van der Waals surface area (Å²) in [6.45, 7) is 0.688. The fourth-order valence-electron chi connectivity index (χ4n) is 2.15. The average Bonchev–Trinajstić information content (AvgIpc) is 2.29. The lowest BCUT2D eigenvalue weighted by molar-refractivity contribution is 0.384. The van der Waals surface area contributed by atoms with E-state index in [1.807, 2.05) is 0 Å². The SMILES string of the molecule is O=S1(=O)NCC2CCCCC21. The standard InChI is InChI=1S/C7H13NO2S/c9-11(10)7-4-2-1-3-6(7)5-8-11/h6-8H,1-5H2. The van der Waals surface area contributed by atoms with Crippen molar-refractivity contribution < 1.29 is 8.42 Å². The minimum absolute atomic E-state index is 0.0590. The highest BCUT2D eigenvalue weighted by atomic mass is 32.2. The van der Waals surface area contributed by atoms with E-state index in [0.717, 1.165) is 19.3 Å². The summed E-state index contributed by atoms with van der Waals surface area (Å²) >= 11 is 0. The Kier molecular flexibility index (Phi) is 1.68. The van der Waals surface area contributed by atoms with Gasteiger partial charge in [0.1, 0.15) is 0 Å². The fraction of sp³-hybridized carbons (Fsp3) is 1.00. The molecule has 0 aromatic carbocycles. The second kappa shape index (κ2) is 2.45. The summed E-state index contributed by atoms with van der Waals surface area (Å²) in [5.74, 6) is 0.411. The molecule has 64 valence electrons. The van der Waals surface area contributed by atoms with Gasteiger partial charge in [0, 0.05) is 6.54 Å². The Hall–Kier alpha value is -0.0900. The minimum atomic E-state index is -2.90. The monoisotopic (exact) mass is 175 g/mol. The van der Waals surface area contributed by atoms with Crippen molar-refractivity contribution in [3.63, 3.8) is 0 Å². The molecule has 0 aromatic rings. The number of sulfonamides is 1. The third-order valence-electron chi connectivity index (χ3n) is 2.78. The van der Waals surface area contributed by atoms with Crippen LogP contribution in [0.1, 0.15) is 25.7 Å². The molecule has 1 N–H and O–H groups in total. The van der Waals surface area contributed by atoms with Crippen LogP contribution in [0.5, 0.6) is 0 Å². The first kappa shape index (κ1) is 7.55. The average molecular weight is 175 g/mol. The Morgan fingerprint density at radius 3 is 2.64 bits per heavy atom. The Morgan fingerprint density at radius 2 is 1.91 bits per heavy atom. The molecule has 2 rings (SSSR count). The van der Waals surface area contributed by atoms with Gasteiger partial charge in [0.25, 0.3) is 0 Å². The van der Waals surface area contributed by atoms with Crippen LogP contribution in [0.2, 0.25) is 0 Å². The maximum atomic E-state index is 11.3. The number of hydrogen-bond acceptors (Lipinski definition) is 2. The molecular weight excluding hydrogens is 162 g/mol. The fourth-order valence-corrected chi connectivity index (χ4v) is 4.02. The molecule has 4 heteroatoms. The molecular formula is C7H13NO2S. The normalized spacial score (nSPS) is 41.8. The summed E-state index contributed by atoms with van der Waals surface area (Å²) in [6, 6.07) is 0. The summed E-state index contributed by atoms with van der Waals surface area (Å²) in [5.41, 5.74) is 0. The highest BCUT2D eigenvalue weighted by Gasteiger charge is 2.40. The van der Waals surface area contributed by atoms with Gasteiger partial charge in [-0.2, -0.15) is 0 Å². The Morgan fingerprint density at radius 1 is 1.18 bits per heavy atom. The van der Waals surface area contributed by atoms with Crippen LogP contribution in [0.3, 0.4) is 0 Å². The molecule has 1 aliphatic carbocycles. The first-order valence-corrected chi connectivity index (χ1v) is 5.73. The molecule has 0 bridgehead atoms. The van der Waals surface area contributed by atoms with E-state index in [1.54, 1.807) is 0 Å². The van der Waals surface area contributed by atoms with Gasteiger partial charge in [0.15, 0.2) is 0 Å². The molecule has 2 unspecified atom stereocenters. The number of hydrogen-bond donors (Lipinski definition) is 1. The molecule has 1 saturated heterocycles. The molecule has 2 atom stereocenters. The van der Waals surface area contributed by atoms with Crippen molar-refractivity contribution in [2.45, 2.75) is 30.9 Å². The molecule has 0 aromatic heterocycles. The van der Waals surface area contributed by atoms with Crippen molar-refractivity contribution in [2.75, 3.05) is 6.54 Å². The topological polar surface area (TPSA) is 46.2 Å². The maximum absolute atomic E-state index is 11.3. The summed E-state index contributed by atoms with van der Waals surface area (Å²) in [5, 5.41) is -0.0590. The third-order valence-corrected chi connectivity index (χ3v) is 4.77. The molecule has 1 saturated carbocycles. The lowest BCUT2D eigenvalue weighted by Crippen LogP contribution is -2.27. The van der Waals surface area contributed by atoms with Crippen LogP contribution >= 0.6 is 0 Å². The van der Waals surface area contributed by atoms with E-state index in [0.29, 0.717) is 12.5 Å². The second-order valence-corrected chi connectivity index (χ2v) is 5.46. The molecule has 0 radical (unpaired) electrons. The predicted molar refractivity (Wildman–Crippen MR) is 42.7 cm³/mol. The van der Waals surface area contributed by atoms with Crippen LogP contribution < -0.4 is 4.72 Å². The van der Waals surface area contributed by atoms with Crippen LogP contribution in [0.25, 0.3) is 0 Å². The van der Waals surface area contributed by atoms with Gasteiger partial charge in [-0.1, -0.05) is 12.8 Å². The van der Waals surface area contributed by atoms with Gasteiger partial charge in [0.05, 0.1) is 5.25 Å². The molecule has 0 spiro atoms. The highest BCUT2D eigenvalue weighted by Crippen LogP contribution is 2.32. The van der Waals surface area contributed by atoms with Crippen LogP contribution in [-0.2, 0) is 10.0 Å². The zero-order chi connectivity index (χ0) is 7.90. The van der Waals surface area contributed by atoms with Crippen molar-refractivity contribution in [2.24, 2.45) is 5.92 Å². The molecule has 1 aliphatic heterocycles. The van der Waals surface area contributed by atoms with Crippen molar-refractivity contribution in [3.05, 3.63) is 0 Å². The van der Waals surface area contributed by atoms with Crippen molar-refractivity contribution in [3.8, 4) is 0 Å². The molecule has 0 amide bonds. The van der Waals surface area contributed by atoms with E-state index in [4.69, 9.17) is 0 Å². The van der Waals surface area contributed by atoms with Crippen LogP contribution in [-0.4, -0.2) is 20.2 Å². The Balaban J connectivity index is 2.23. The lowest BCUT2D eigenvalue weighted by atomic mass is 9.89. The molecule has 11 heavy (non-hydrogen) atoms. The highest BCUT2D eigenvalue weighted by molar-refractivity contribution is 7.90. The number of rotatable bonds is 0. The van der Waals surface area contributed by atoms with Crippen LogP contribution in [0, 0.1) is 5.92 Å². The first-order valence-electron chi connectivity index (χ1n) is 4.18. The van der Waals surface area contributed by atoms with Gasteiger partial charge in [-0.15, -0.1) is 0 Å². The van der Waals surface area contributed by atoms with Crippen LogP contribution in [0.15, 0.2) is 0 Å². The summed E-state index contributed by atoms with van der Waals surface area (Å²) in [6.07, 6.45) is 4.26. The quantitative estimate of drug-likeness (QED) is 0.582. The summed E-state index contributed by atoms with van der Waals surface area (Å²) < 4.78 is 25.2. The van der Waals surface area contributed by atoms with Crippen molar-refractivity contribution in [1.82, 2.24) is 4.72 Å². The predicted octanol–water partition coefficient (Wildman–Crippen LogP) is 0.478. The Labute approximate surface area is 67.2 Å². The maximum Gasteiger partial charge on any atom is 0.214 e. The van der Waals surface area contributed by atoms with E-state index in [9.17, 15) is 8.42 Å². The van der Waals surface area contributed by atoms with Gasteiger partial charge in [0.2, 0.25) is 10.0 Å². The summed E-state index contributed by atoms with van der Waals surface area (Å²) in [4.78, 5) is 0. The number of fused-ring (bicyclic) bond motifs is 1. The molecule has 3 nitrogen and oxygen atoms in total. The molecule has 1 heterocycles. The van der Waals surface area contributed by atoms with Crippen LogP contribution in [0.4, 0.5) is 0 Å². The van der Waals surface area contributed by atoms with E-state index < -0.39 is 10.0 Å². The minimum Gasteiger partial charge on any atom is -0.215 e. The van der Waals surface area contributed by atoms with E-state index in [-0.39, 0.29) is 5.25 Å². The van der Waals surface area contributed by atoms with Crippen molar-refractivity contribution in [1.29, 1.82) is 0 Å². The van der Waals surface area contributed by atoms with E-state index >= 15 is 0 Å². The van der Waals surface area contributed by atoms with Crippen molar-refractivity contribution >= 4 is 10.0 Å². The largest absolute Gasteiger partial charge is 0.215 e. The third kappa shape index (κ3) is 1.18. The van der Waals surface area contributed by atoms with Gasteiger partial charge < -0.3 is 0 Å². The van der Waals surface area contributed by atoms with Gasteiger partial charge >= 0.3 is 0 Å². The Bertz CT molecular complexity index is 247. The zero-order valence-corrected chi connectivity index (χ0v) is 7.23.